The maximum absolute atomic E-state index is 11.5. The number of nitrogens with two attached hydrogens (primary N) is 2. The van der Waals surface area contributed by atoms with Crippen LogP contribution >= 0.6 is 0 Å². The standard InChI is InChI=1S/C9H15N5O3/c1-2-14-7(11)6(8(16)13-9(14)17)12-4-3-5(10)15/h12H,2-4,11H2,1H3,(H2,10,15)(H,13,16,17). The summed E-state index contributed by atoms with van der Waals surface area (Å²) in [6.07, 6.45) is 0.0735. The van der Waals surface area contributed by atoms with E-state index in [0.29, 0.717) is 6.54 Å². The van der Waals surface area contributed by atoms with Gasteiger partial charge in [-0.3, -0.25) is 19.1 Å². The number of aromatic nitrogens is 2. The number of carbonyl (C=O) groups is 1. The van der Waals surface area contributed by atoms with Crippen LogP contribution in [0.3, 0.4) is 0 Å². The molecule has 0 aliphatic carbocycles. The van der Waals surface area contributed by atoms with E-state index in [2.05, 4.69) is 10.3 Å². The molecule has 0 aliphatic heterocycles. The van der Waals surface area contributed by atoms with Crippen LogP contribution in [0.25, 0.3) is 0 Å². The molecular weight excluding hydrogens is 226 g/mol. The zero-order valence-corrected chi connectivity index (χ0v) is 9.45. The largest absolute Gasteiger partial charge is 0.383 e. The summed E-state index contributed by atoms with van der Waals surface area (Å²) < 4.78 is 1.22. The number of hydrogen-bond donors (Lipinski definition) is 4. The van der Waals surface area contributed by atoms with Crippen LogP contribution in [0.1, 0.15) is 13.3 Å². The van der Waals surface area contributed by atoms with Crippen molar-refractivity contribution >= 4 is 17.4 Å². The predicted molar refractivity (Wildman–Crippen MR) is 63.7 cm³/mol. The lowest BCUT2D eigenvalue weighted by atomic mass is 10.3. The zero-order valence-electron chi connectivity index (χ0n) is 9.45. The number of nitrogens with zero attached hydrogens (tertiary/aromatic N) is 1. The molecule has 0 spiro atoms. The van der Waals surface area contributed by atoms with Crippen LogP contribution in [-0.2, 0) is 11.3 Å². The Morgan fingerprint density at radius 1 is 1.47 bits per heavy atom. The van der Waals surface area contributed by atoms with Gasteiger partial charge in [-0.05, 0) is 6.92 Å². The summed E-state index contributed by atoms with van der Waals surface area (Å²) in [4.78, 5) is 35.5. The molecular formula is C9H15N5O3. The third-order valence-corrected chi connectivity index (χ3v) is 2.23. The minimum absolute atomic E-state index is 0.0470. The van der Waals surface area contributed by atoms with Crippen molar-refractivity contribution < 1.29 is 4.79 Å². The van der Waals surface area contributed by atoms with E-state index >= 15 is 0 Å². The minimum atomic E-state index is -0.610. The van der Waals surface area contributed by atoms with Gasteiger partial charge < -0.3 is 16.8 Å². The molecule has 8 heteroatoms. The molecule has 0 saturated carbocycles. The van der Waals surface area contributed by atoms with Gasteiger partial charge in [0.2, 0.25) is 5.91 Å². The number of nitrogen functional groups attached to an aromatic ring is 1. The number of hydrogen-bond acceptors (Lipinski definition) is 5. The molecule has 0 unspecified atom stereocenters. The Balaban J connectivity index is 3.03. The second kappa shape index (κ2) is 5.19. The van der Waals surface area contributed by atoms with Gasteiger partial charge in [0.15, 0.2) is 0 Å². The predicted octanol–water partition coefficient (Wildman–Crippen LogP) is -1.57. The van der Waals surface area contributed by atoms with Gasteiger partial charge in [-0.2, -0.15) is 0 Å². The molecule has 1 amide bonds. The fourth-order valence-electron chi connectivity index (χ4n) is 1.38. The highest BCUT2D eigenvalue weighted by Gasteiger charge is 2.10. The van der Waals surface area contributed by atoms with E-state index in [1.165, 1.54) is 4.57 Å². The van der Waals surface area contributed by atoms with E-state index in [-0.39, 0.29) is 24.5 Å². The molecule has 0 aromatic carbocycles. The summed E-state index contributed by atoms with van der Waals surface area (Å²) in [5.74, 6) is -0.443. The molecule has 17 heavy (non-hydrogen) atoms. The van der Waals surface area contributed by atoms with Gasteiger partial charge in [0.1, 0.15) is 11.5 Å². The van der Waals surface area contributed by atoms with Gasteiger partial charge in [-0.25, -0.2) is 4.79 Å². The number of rotatable bonds is 5. The highest BCUT2D eigenvalue weighted by atomic mass is 16.2. The smallest absolute Gasteiger partial charge is 0.330 e. The average Bonchev–Trinajstić information content (AvgIpc) is 2.22. The molecule has 1 heterocycles. The Kier molecular flexibility index (Phi) is 3.91. The number of H-pyrrole nitrogens is 1. The van der Waals surface area contributed by atoms with Crippen molar-refractivity contribution in [2.45, 2.75) is 19.9 Å². The number of anilines is 2. The number of amides is 1. The van der Waals surface area contributed by atoms with E-state index in [0.717, 1.165) is 0 Å². The first-order valence-corrected chi connectivity index (χ1v) is 5.12. The lowest BCUT2D eigenvalue weighted by Crippen LogP contribution is -2.34. The van der Waals surface area contributed by atoms with Gasteiger partial charge in [-0.15, -0.1) is 0 Å². The first-order valence-electron chi connectivity index (χ1n) is 5.12. The van der Waals surface area contributed by atoms with Crippen molar-refractivity contribution in [1.82, 2.24) is 9.55 Å². The van der Waals surface area contributed by atoms with Crippen LogP contribution in [0, 0.1) is 0 Å². The number of nitrogens with one attached hydrogen (secondary N) is 2. The Bertz CT molecular complexity index is 530. The van der Waals surface area contributed by atoms with Crippen LogP contribution in [0.5, 0.6) is 0 Å². The summed E-state index contributed by atoms with van der Waals surface area (Å²) in [6, 6.07) is 0. The molecule has 6 N–H and O–H groups in total. The summed E-state index contributed by atoms with van der Waals surface area (Å²) in [5, 5.41) is 2.69. The lowest BCUT2D eigenvalue weighted by Gasteiger charge is -2.11. The SMILES string of the molecule is CCn1c(N)c(NCCC(N)=O)c(=O)[nH]c1=O. The maximum Gasteiger partial charge on any atom is 0.330 e. The molecule has 0 atom stereocenters. The molecule has 0 aliphatic rings. The Morgan fingerprint density at radius 2 is 2.12 bits per heavy atom. The summed E-state index contributed by atoms with van der Waals surface area (Å²) in [5.41, 5.74) is 9.55. The van der Waals surface area contributed by atoms with E-state index < -0.39 is 17.2 Å². The number of primary amides is 1. The number of carbonyl (C=O) groups excluding carboxylic acids is 1. The molecule has 8 nitrogen and oxygen atoms in total. The van der Waals surface area contributed by atoms with Gasteiger partial charge in [0.25, 0.3) is 5.56 Å². The first kappa shape index (κ1) is 12.8. The normalized spacial score (nSPS) is 10.2. The Labute approximate surface area is 96.6 Å². The van der Waals surface area contributed by atoms with E-state index in [4.69, 9.17) is 11.5 Å². The molecule has 1 aromatic rings. The summed E-state index contributed by atoms with van der Waals surface area (Å²) in [6.45, 7) is 2.25. The van der Waals surface area contributed by atoms with E-state index in [1.807, 2.05) is 0 Å². The highest BCUT2D eigenvalue weighted by molar-refractivity contribution is 5.74. The van der Waals surface area contributed by atoms with Crippen LogP contribution in [0.4, 0.5) is 11.5 Å². The van der Waals surface area contributed by atoms with Crippen molar-refractivity contribution in [3.05, 3.63) is 20.8 Å². The van der Waals surface area contributed by atoms with Gasteiger partial charge in [0.05, 0.1) is 0 Å². The molecule has 1 rings (SSSR count). The molecule has 0 bridgehead atoms. The molecule has 0 fully saturated rings. The summed E-state index contributed by atoms with van der Waals surface area (Å²) >= 11 is 0. The van der Waals surface area contributed by atoms with Crippen molar-refractivity contribution in [1.29, 1.82) is 0 Å². The zero-order chi connectivity index (χ0) is 13.0. The van der Waals surface area contributed by atoms with E-state index in [1.54, 1.807) is 6.92 Å². The third kappa shape index (κ3) is 2.86. The second-order valence-electron chi connectivity index (χ2n) is 3.41. The third-order valence-electron chi connectivity index (χ3n) is 2.23. The summed E-state index contributed by atoms with van der Waals surface area (Å²) in [7, 11) is 0. The maximum atomic E-state index is 11.5. The molecule has 1 aromatic heterocycles. The monoisotopic (exact) mass is 241 g/mol. The molecule has 0 radical (unpaired) electrons. The van der Waals surface area contributed by atoms with Gasteiger partial charge in [0, 0.05) is 19.5 Å². The Morgan fingerprint density at radius 3 is 2.65 bits per heavy atom. The molecule has 94 valence electrons. The van der Waals surface area contributed by atoms with Crippen LogP contribution in [0.2, 0.25) is 0 Å². The fraction of sp³-hybridized carbons (Fsp3) is 0.444. The fourth-order valence-corrected chi connectivity index (χ4v) is 1.38. The highest BCUT2D eigenvalue weighted by Crippen LogP contribution is 2.09. The number of aromatic amines is 1. The lowest BCUT2D eigenvalue weighted by molar-refractivity contribution is -0.117. The van der Waals surface area contributed by atoms with Crippen molar-refractivity contribution in [2.75, 3.05) is 17.6 Å². The van der Waals surface area contributed by atoms with Crippen LogP contribution in [-0.4, -0.2) is 22.0 Å². The van der Waals surface area contributed by atoms with Crippen LogP contribution in [0.15, 0.2) is 9.59 Å². The second-order valence-corrected chi connectivity index (χ2v) is 3.41. The van der Waals surface area contributed by atoms with Crippen molar-refractivity contribution in [2.24, 2.45) is 5.73 Å². The quantitative estimate of drug-likeness (QED) is 0.493. The molecule has 0 saturated heterocycles. The minimum Gasteiger partial charge on any atom is -0.383 e. The van der Waals surface area contributed by atoms with Crippen molar-refractivity contribution in [3.8, 4) is 0 Å². The first-order chi connectivity index (χ1) is 7.97. The average molecular weight is 241 g/mol. The Hall–Kier alpha value is -2.25. The van der Waals surface area contributed by atoms with Crippen LogP contribution < -0.4 is 28.0 Å². The van der Waals surface area contributed by atoms with Gasteiger partial charge in [-0.1, -0.05) is 0 Å². The topological polar surface area (TPSA) is 136 Å². The van der Waals surface area contributed by atoms with Crippen molar-refractivity contribution in [3.63, 3.8) is 0 Å². The van der Waals surface area contributed by atoms with E-state index in [9.17, 15) is 14.4 Å². The van der Waals surface area contributed by atoms with Gasteiger partial charge >= 0.3 is 5.69 Å².